The van der Waals surface area contributed by atoms with E-state index in [9.17, 15) is 9.18 Å². The molecule has 1 atom stereocenters. The summed E-state index contributed by atoms with van der Waals surface area (Å²) in [6.45, 7) is 0.624. The molecule has 1 aliphatic rings. The minimum Gasteiger partial charge on any atom is -0.325 e. The van der Waals surface area contributed by atoms with Crippen molar-refractivity contribution in [3.63, 3.8) is 0 Å². The van der Waals surface area contributed by atoms with Crippen LogP contribution in [-0.4, -0.2) is 46.7 Å². The first-order valence-corrected chi connectivity index (χ1v) is 7.75. The summed E-state index contributed by atoms with van der Waals surface area (Å²) in [5, 5.41) is 0.603. The summed E-state index contributed by atoms with van der Waals surface area (Å²) in [4.78, 5) is 23.1. The number of halogens is 2. The topological polar surface area (TPSA) is 49.3 Å². The van der Waals surface area contributed by atoms with Gasteiger partial charge in [0.05, 0.1) is 6.54 Å². The van der Waals surface area contributed by atoms with E-state index in [1.165, 1.54) is 9.80 Å². The number of nitrogens with zero attached hydrogens (tertiary/aromatic N) is 4. The van der Waals surface area contributed by atoms with Crippen LogP contribution in [0.15, 0.2) is 42.7 Å². The molecule has 0 aliphatic carbocycles. The molecule has 3 rings (SSSR count). The van der Waals surface area contributed by atoms with Crippen molar-refractivity contribution in [2.24, 2.45) is 0 Å². The Bertz CT molecular complexity index is 773. The van der Waals surface area contributed by atoms with Gasteiger partial charge in [0.2, 0.25) is 5.95 Å². The van der Waals surface area contributed by atoms with Gasteiger partial charge in [-0.2, -0.15) is 0 Å². The minimum absolute atomic E-state index is 0.0631. The molecule has 24 heavy (non-hydrogen) atoms. The summed E-state index contributed by atoms with van der Waals surface area (Å²) in [5.74, 6) is 5.23. The number of piperazine rings is 1. The van der Waals surface area contributed by atoms with Gasteiger partial charge in [0.1, 0.15) is 0 Å². The molecule has 7 heteroatoms. The van der Waals surface area contributed by atoms with Gasteiger partial charge in [0, 0.05) is 42.0 Å². The molecule has 122 valence electrons. The average Bonchev–Trinajstić information content (AvgIpc) is 2.61. The second-order valence-electron chi connectivity index (χ2n) is 5.18. The molecule has 1 aromatic heterocycles. The molecule has 0 spiro atoms. The Morgan fingerprint density at radius 3 is 2.58 bits per heavy atom. The number of alkyl halides is 1. The lowest BCUT2D eigenvalue weighted by Crippen LogP contribution is -2.53. The Kier molecular flexibility index (Phi) is 4.92. The zero-order valence-electron chi connectivity index (χ0n) is 12.7. The van der Waals surface area contributed by atoms with Gasteiger partial charge in [-0.1, -0.05) is 17.5 Å². The molecule has 0 radical (unpaired) electrons. The predicted octanol–water partition coefficient (Wildman–Crippen LogP) is 2.13. The Morgan fingerprint density at radius 2 is 1.92 bits per heavy atom. The highest BCUT2D eigenvalue weighted by Gasteiger charge is 2.30. The SMILES string of the molecule is O=C(C#Cc1ccc(Cl)cc1)N1CCN(c2ncccn2)C(F)C1. The molecule has 0 saturated carbocycles. The van der Waals surface area contributed by atoms with E-state index in [0.717, 1.165) is 0 Å². The molecule has 5 nitrogen and oxygen atoms in total. The van der Waals surface area contributed by atoms with Crippen molar-refractivity contribution in [3.05, 3.63) is 53.3 Å². The normalized spacial score (nSPS) is 17.2. The zero-order chi connectivity index (χ0) is 16.9. The van der Waals surface area contributed by atoms with Crippen LogP contribution in [0.5, 0.6) is 0 Å². The predicted molar refractivity (Wildman–Crippen MR) is 89.2 cm³/mol. The lowest BCUT2D eigenvalue weighted by Gasteiger charge is -2.36. The summed E-state index contributed by atoms with van der Waals surface area (Å²) in [6.07, 6.45) is 1.76. The van der Waals surface area contributed by atoms with Crippen molar-refractivity contribution in [3.8, 4) is 11.8 Å². The van der Waals surface area contributed by atoms with Gasteiger partial charge < -0.3 is 9.80 Å². The van der Waals surface area contributed by atoms with Crippen LogP contribution in [0, 0.1) is 11.8 Å². The maximum absolute atomic E-state index is 14.3. The van der Waals surface area contributed by atoms with E-state index in [0.29, 0.717) is 29.6 Å². The fourth-order valence-electron chi connectivity index (χ4n) is 2.33. The molecule has 1 aromatic carbocycles. The Hall–Kier alpha value is -2.65. The zero-order valence-corrected chi connectivity index (χ0v) is 13.4. The van der Waals surface area contributed by atoms with Crippen LogP contribution in [0.3, 0.4) is 0 Å². The van der Waals surface area contributed by atoms with E-state index >= 15 is 0 Å². The minimum atomic E-state index is -1.36. The van der Waals surface area contributed by atoms with E-state index in [4.69, 9.17) is 11.6 Å². The maximum Gasteiger partial charge on any atom is 0.299 e. The molecular weight excluding hydrogens is 331 g/mol. The second kappa shape index (κ2) is 7.28. The van der Waals surface area contributed by atoms with E-state index < -0.39 is 12.2 Å². The van der Waals surface area contributed by atoms with Gasteiger partial charge in [-0.15, -0.1) is 0 Å². The number of carbonyl (C=O) groups is 1. The summed E-state index contributed by atoms with van der Waals surface area (Å²) in [7, 11) is 0. The number of amides is 1. The van der Waals surface area contributed by atoms with E-state index in [1.807, 2.05) is 0 Å². The highest BCUT2D eigenvalue weighted by Crippen LogP contribution is 2.16. The fourth-order valence-corrected chi connectivity index (χ4v) is 2.45. The smallest absolute Gasteiger partial charge is 0.299 e. The number of aromatic nitrogens is 2. The maximum atomic E-state index is 14.3. The van der Waals surface area contributed by atoms with Crippen molar-refractivity contribution in [2.75, 3.05) is 24.5 Å². The number of hydrogen-bond acceptors (Lipinski definition) is 4. The standard InChI is InChI=1S/C17H14ClFN4O/c18-14-5-2-13(3-6-14)4-7-16(24)22-10-11-23(15(19)12-22)17-20-8-1-9-21-17/h1-3,5-6,8-9,15H,10-12H2. The first kappa shape index (κ1) is 16.2. The third-order valence-electron chi connectivity index (χ3n) is 3.57. The summed E-state index contributed by atoms with van der Waals surface area (Å²) in [5.41, 5.74) is 0.681. The number of benzene rings is 1. The highest BCUT2D eigenvalue weighted by atomic mass is 35.5. The number of rotatable bonds is 1. The highest BCUT2D eigenvalue weighted by molar-refractivity contribution is 6.30. The van der Waals surface area contributed by atoms with E-state index in [-0.39, 0.29) is 6.54 Å². The molecule has 1 aliphatic heterocycles. The molecule has 2 aromatic rings. The molecule has 1 unspecified atom stereocenters. The van der Waals surface area contributed by atoms with Crippen molar-refractivity contribution in [2.45, 2.75) is 6.30 Å². The number of hydrogen-bond donors (Lipinski definition) is 0. The molecule has 0 N–H and O–H groups in total. The molecule has 1 saturated heterocycles. The van der Waals surface area contributed by atoms with Crippen molar-refractivity contribution < 1.29 is 9.18 Å². The molecule has 1 fully saturated rings. The Morgan fingerprint density at radius 1 is 1.21 bits per heavy atom. The third-order valence-corrected chi connectivity index (χ3v) is 3.83. The molecule has 0 bridgehead atoms. The van der Waals surface area contributed by atoms with Gasteiger partial charge in [0.15, 0.2) is 6.30 Å². The van der Waals surface area contributed by atoms with Crippen LogP contribution < -0.4 is 4.90 Å². The van der Waals surface area contributed by atoms with Gasteiger partial charge in [-0.05, 0) is 30.3 Å². The summed E-state index contributed by atoms with van der Waals surface area (Å²) < 4.78 is 14.3. The van der Waals surface area contributed by atoms with Crippen molar-refractivity contribution >= 4 is 23.5 Å². The van der Waals surface area contributed by atoms with Crippen molar-refractivity contribution in [1.82, 2.24) is 14.9 Å². The van der Waals surface area contributed by atoms with Crippen LogP contribution in [0.4, 0.5) is 10.3 Å². The Balaban J connectivity index is 1.63. The lowest BCUT2D eigenvalue weighted by atomic mass is 10.2. The van der Waals surface area contributed by atoms with Gasteiger partial charge >= 0.3 is 0 Å². The van der Waals surface area contributed by atoms with Crippen LogP contribution in [0.25, 0.3) is 0 Å². The first-order valence-electron chi connectivity index (χ1n) is 7.38. The lowest BCUT2D eigenvalue weighted by molar-refractivity contribution is -0.126. The third kappa shape index (κ3) is 3.81. The summed E-state index contributed by atoms with van der Waals surface area (Å²) >= 11 is 5.80. The first-order chi connectivity index (χ1) is 11.6. The van der Waals surface area contributed by atoms with Crippen LogP contribution in [0.1, 0.15) is 5.56 Å². The van der Waals surface area contributed by atoms with Gasteiger partial charge in [-0.3, -0.25) is 4.79 Å². The number of anilines is 1. The monoisotopic (exact) mass is 344 g/mol. The number of carbonyl (C=O) groups excluding carboxylic acids is 1. The largest absolute Gasteiger partial charge is 0.325 e. The van der Waals surface area contributed by atoms with Gasteiger partial charge in [0.25, 0.3) is 5.91 Å². The quantitative estimate of drug-likeness (QED) is 0.587. The second-order valence-corrected chi connectivity index (χ2v) is 5.62. The van der Waals surface area contributed by atoms with Crippen LogP contribution in [0.2, 0.25) is 5.02 Å². The fraction of sp³-hybridized carbons (Fsp3) is 0.235. The molecular formula is C17H14ClFN4O. The molecule has 1 amide bonds. The summed E-state index contributed by atoms with van der Waals surface area (Å²) in [6, 6.07) is 8.53. The van der Waals surface area contributed by atoms with Crippen LogP contribution in [-0.2, 0) is 4.79 Å². The van der Waals surface area contributed by atoms with Crippen LogP contribution >= 0.6 is 11.6 Å². The van der Waals surface area contributed by atoms with Gasteiger partial charge in [-0.25, -0.2) is 14.4 Å². The average molecular weight is 345 g/mol. The van der Waals surface area contributed by atoms with E-state index in [2.05, 4.69) is 21.8 Å². The molecule has 2 heterocycles. The van der Waals surface area contributed by atoms with E-state index in [1.54, 1.807) is 42.7 Å². The Labute approximate surface area is 144 Å². The van der Waals surface area contributed by atoms with Crippen molar-refractivity contribution in [1.29, 1.82) is 0 Å².